The average Bonchev–Trinajstić information content (AvgIpc) is 3.51. The van der Waals surface area contributed by atoms with E-state index in [1.807, 2.05) is 0 Å². The molecule has 6 rings (SSSR count). The molecule has 0 aromatic heterocycles. The van der Waals surface area contributed by atoms with Crippen LogP contribution in [0, 0.1) is 23.5 Å². The number of hydrogen-bond acceptors (Lipinski definition) is 0. The molecule has 0 nitrogen and oxygen atoms in total. The van der Waals surface area contributed by atoms with Gasteiger partial charge in [0.25, 0.3) is 0 Å². The first-order valence-electron chi connectivity index (χ1n) is 13.6. The molecule has 1 atom stereocenters. The van der Waals surface area contributed by atoms with Crippen LogP contribution in [0.4, 0.5) is 0 Å². The summed E-state index contributed by atoms with van der Waals surface area (Å²) in [6, 6.07) is 9.66. The molecule has 0 amide bonds. The summed E-state index contributed by atoms with van der Waals surface area (Å²) < 4.78 is 1.51. The van der Waals surface area contributed by atoms with E-state index in [1.165, 1.54) is 53.3 Å². The van der Waals surface area contributed by atoms with Gasteiger partial charge in [0.1, 0.15) is 0 Å². The number of fused-ring (bicyclic) bond motifs is 5. The smallest absolute Gasteiger partial charge is 1.00 e. The summed E-state index contributed by atoms with van der Waals surface area (Å²) >= 11 is 1.55. The van der Waals surface area contributed by atoms with E-state index in [2.05, 4.69) is 136 Å². The predicted octanol–water partition coefficient (Wildman–Crippen LogP) is 3.39. The molecule has 0 radical (unpaired) electrons. The van der Waals surface area contributed by atoms with E-state index in [9.17, 15) is 0 Å². The Morgan fingerprint density at radius 3 is 1.90 bits per heavy atom. The van der Waals surface area contributed by atoms with Crippen molar-refractivity contribution in [2.24, 2.45) is 11.3 Å². The molecule has 1 unspecified atom stereocenters. The fourth-order valence-electron chi connectivity index (χ4n) is 5.46. The zero-order valence-corrected chi connectivity index (χ0v) is 29.2. The summed E-state index contributed by atoms with van der Waals surface area (Å²) in [5.74, 6) is 0.522. The van der Waals surface area contributed by atoms with Gasteiger partial charge in [-0.25, -0.2) is 12.2 Å². The standard InChI is InChI=1S/C23H21.C10H15.C3H6.2ClH.Zr/c1-22(2)7-5-14-10-18-16(12-20(14)22)9-17-13-21-15(11-19(17)18)6-8-23(21,3)4;1-8-5-6-9(7-8)10(2,3)4;1-3-2;;;/h5-7,10-13H,9H2,1-4H3;6-8H,1-4H3;1-2H3;2*1H;/q2*-1;;;;+2/p-2. The van der Waals surface area contributed by atoms with Crippen molar-refractivity contribution in [3.05, 3.63) is 93.6 Å². The fourth-order valence-corrected chi connectivity index (χ4v) is 5.46. The molecule has 0 saturated carbocycles. The Hall–Kier alpha value is -1.27. The largest absolute Gasteiger partial charge is 1.00 e. The van der Waals surface area contributed by atoms with Crippen LogP contribution in [0.2, 0.25) is 0 Å². The molecule has 0 heterocycles. The Morgan fingerprint density at radius 2 is 1.41 bits per heavy atom. The Balaban J connectivity index is 0.000000282. The van der Waals surface area contributed by atoms with Crippen LogP contribution in [-0.4, -0.2) is 3.21 Å². The van der Waals surface area contributed by atoms with Gasteiger partial charge in [0.2, 0.25) is 0 Å². The second-order valence-corrected chi connectivity index (χ2v) is 15.8. The van der Waals surface area contributed by atoms with Crippen molar-refractivity contribution in [3.8, 4) is 11.1 Å². The zero-order chi connectivity index (χ0) is 27.3. The topological polar surface area (TPSA) is 0 Å². The summed E-state index contributed by atoms with van der Waals surface area (Å²) in [6.07, 6.45) is 19.0. The van der Waals surface area contributed by atoms with E-state index in [4.69, 9.17) is 0 Å². The van der Waals surface area contributed by atoms with Crippen LogP contribution in [0.5, 0.6) is 0 Å². The molecule has 0 spiro atoms. The van der Waals surface area contributed by atoms with Crippen LogP contribution in [-0.2, 0) is 41.5 Å². The van der Waals surface area contributed by atoms with Crippen LogP contribution >= 0.6 is 0 Å². The van der Waals surface area contributed by atoms with Crippen molar-refractivity contribution >= 4 is 15.4 Å². The molecular formula is C36H42Cl2Zr-2. The third-order valence-corrected chi connectivity index (χ3v) is 7.65. The molecule has 206 valence electrons. The van der Waals surface area contributed by atoms with Crippen LogP contribution in [0.25, 0.3) is 23.3 Å². The number of halogens is 2. The van der Waals surface area contributed by atoms with Gasteiger partial charge < -0.3 is 24.8 Å². The Bertz CT molecular complexity index is 1290. The van der Waals surface area contributed by atoms with Gasteiger partial charge in [0.05, 0.1) is 0 Å². The third-order valence-electron chi connectivity index (χ3n) is 7.65. The maximum atomic E-state index is 3.50. The minimum atomic E-state index is 0. The molecule has 3 heteroatoms. The first-order valence-corrected chi connectivity index (χ1v) is 14.8. The van der Waals surface area contributed by atoms with Gasteiger partial charge in [-0.3, -0.25) is 12.2 Å². The van der Waals surface area contributed by atoms with Gasteiger partial charge in [0, 0.05) is 5.41 Å². The minimum Gasteiger partial charge on any atom is -1.00 e. The molecule has 2 aromatic rings. The number of allylic oxidation sites excluding steroid dienone is 6. The summed E-state index contributed by atoms with van der Waals surface area (Å²) in [6.45, 7) is 22.2. The molecule has 4 aliphatic rings. The van der Waals surface area contributed by atoms with Crippen molar-refractivity contribution in [2.75, 3.05) is 0 Å². The zero-order valence-electron chi connectivity index (χ0n) is 25.2. The van der Waals surface area contributed by atoms with E-state index >= 15 is 0 Å². The predicted molar refractivity (Wildman–Crippen MR) is 158 cm³/mol. The molecule has 4 aliphatic carbocycles. The molecule has 39 heavy (non-hydrogen) atoms. The van der Waals surface area contributed by atoms with Gasteiger partial charge >= 0.3 is 41.3 Å². The maximum absolute atomic E-state index is 3.50. The van der Waals surface area contributed by atoms with Crippen LogP contribution in [0.15, 0.2) is 48.1 Å². The second kappa shape index (κ2) is 12.3. The first-order chi connectivity index (χ1) is 17.1. The van der Waals surface area contributed by atoms with Gasteiger partial charge in [-0.15, -0.1) is 11.6 Å². The van der Waals surface area contributed by atoms with Crippen LogP contribution < -0.4 is 24.8 Å². The van der Waals surface area contributed by atoms with Crippen LogP contribution in [0.1, 0.15) is 103 Å². The summed E-state index contributed by atoms with van der Waals surface area (Å²) in [5, 5.41) is 0. The van der Waals surface area contributed by atoms with Gasteiger partial charge in [-0.05, 0) is 45.9 Å². The first kappa shape index (κ1) is 33.9. The van der Waals surface area contributed by atoms with Gasteiger partial charge in [-0.2, -0.15) is 17.2 Å². The Morgan fingerprint density at radius 1 is 0.872 bits per heavy atom. The summed E-state index contributed by atoms with van der Waals surface area (Å²) in [7, 11) is 0. The Kier molecular flexibility index (Phi) is 10.7. The maximum Gasteiger partial charge on any atom is -1.00 e. The molecule has 0 saturated heterocycles. The van der Waals surface area contributed by atoms with Gasteiger partial charge in [-0.1, -0.05) is 96.4 Å². The molecular weight excluding hydrogens is 595 g/mol. The van der Waals surface area contributed by atoms with Gasteiger partial charge in [0.15, 0.2) is 0 Å². The van der Waals surface area contributed by atoms with Crippen molar-refractivity contribution in [2.45, 2.75) is 86.5 Å². The van der Waals surface area contributed by atoms with Crippen molar-refractivity contribution < 1.29 is 49.0 Å². The number of benzene rings is 2. The monoisotopic (exact) mass is 634 g/mol. The molecule has 0 bridgehead atoms. The summed E-state index contributed by atoms with van der Waals surface area (Å²) in [4.78, 5) is 0. The minimum absolute atomic E-state index is 0. The van der Waals surface area contributed by atoms with E-state index in [0.717, 1.165) is 6.42 Å². The van der Waals surface area contributed by atoms with E-state index < -0.39 is 0 Å². The van der Waals surface area contributed by atoms with Crippen molar-refractivity contribution in [3.63, 3.8) is 0 Å². The Labute approximate surface area is 265 Å². The molecule has 0 fully saturated rings. The molecule has 0 N–H and O–H groups in total. The average molecular weight is 637 g/mol. The normalized spacial score (nSPS) is 19.2. The van der Waals surface area contributed by atoms with Crippen molar-refractivity contribution in [1.82, 2.24) is 0 Å². The number of rotatable bonds is 0. The van der Waals surface area contributed by atoms with Crippen molar-refractivity contribution in [1.29, 1.82) is 0 Å². The summed E-state index contributed by atoms with van der Waals surface area (Å²) in [5.41, 5.74) is 13.4. The fraction of sp³-hybridized carbons (Fsp3) is 0.417. The molecule has 0 aliphatic heterocycles. The second-order valence-electron chi connectivity index (χ2n) is 13.3. The SMILES string of the molecule is CC1(C)[C-]=Cc2cc3c(cc21)Cc1cc2c(cc1-3)C=CC2(C)C.CC1[C-]=CC(C(C)(C)C)=C1.C[C](C)=[Zr+2].[Cl-].[Cl-]. The third kappa shape index (κ3) is 7.33. The van der Waals surface area contributed by atoms with E-state index in [-0.39, 0.29) is 35.6 Å². The van der Waals surface area contributed by atoms with Crippen LogP contribution in [0.3, 0.4) is 0 Å². The number of hydrogen-bond donors (Lipinski definition) is 0. The van der Waals surface area contributed by atoms with E-state index in [1.54, 1.807) is 24.2 Å². The van der Waals surface area contributed by atoms with E-state index in [0.29, 0.717) is 11.3 Å². The quantitative estimate of drug-likeness (QED) is 0.332. The molecule has 2 aromatic carbocycles.